The van der Waals surface area contributed by atoms with E-state index >= 15 is 0 Å². The standard InChI is InChI=1S/C40H48ClN5O2/c1-26(2)42-38(47)29-12-15-35(41)34(23-29)39(48)44-19-16-40(17-20-44,30-9-7-8-27(3)22-30)18-21-45-31-13-14-32(45)25-33(24-31)46-28(4)43-36-10-5-6-11-37(36)46/h5-12,15,22-23,26,31-33H,13-14,16-21,24-25H2,1-4H3,(H,42,47)/t31-,32+,33?. The maximum absolute atomic E-state index is 13.8. The third-order valence-corrected chi connectivity index (χ3v) is 11.7. The summed E-state index contributed by atoms with van der Waals surface area (Å²) in [5, 5.41) is 3.30. The SMILES string of the molecule is Cc1cccc(C2(CCN3[C@@H]4CC[C@H]3CC(n3c(C)nc5ccccc53)C4)CCN(C(=O)c3cc(C(=O)NC(C)C)ccc3Cl)CC2)c1. The molecule has 7 nitrogen and oxygen atoms in total. The molecule has 2 bridgehead atoms. The van der Waals surface area contributed by atoms with Crippen molar-refractivity contribution in [1.29, 1.82) is 0 Å². The van der Waals surface area contributed by atoms with Crippen LogP contribution in [0, 0.1) is 13.8 Å². The van der Waals surface area contributed by atoms with Crippen molar-refractivity contribution in [2.45, 2.75) is 102 Å². The number of halogens is 1. The quantitative estimate of drug-likeness (QED) is 0.208. The van der Waals surface area contributed by atoms with Crippen molar-refractivity contribution in [2.24, 2.45) is 0 Å². The van der Waals surface area contributed by atoms with Crippen molar-refractivity contribution in [2.75, 3.05) is 19.6 Å². The largest absolute Gasteiger partial charge is 0.350 e. The number of piperidine rings is 2. The molecule has 0 saturated carbocycles. The molecule has 0 aliphatic carbocycles. The van der Waals surface area contributed by atoms with Crippen LogP contribution in [0.2, 0.25) is 5.02 Å². The Labute approximate surface area is 289 Å². The highest BCUT2D eigenvalue weighted by Gasteiger charge is 2.44. The van der Waals surface area contributed by atoms with Gasteiger partial charge in [0.05, 0.1) is 21.6 Å². The fourth-order valence-corrected chi connectivity index (χ4v) is 9.13. The highest BCUT2D eigenvalue weighted by molar-refractivity contribution is 6.34. The van der Waals surface area contributed by atoms with E-state index in [1.54, 1.807) is 18.2 Å². The Morgan fingerprint density at radius 2 is 1.67 bits per heavy atom. The zero-order valence-electron chi connectivity index (χ0n) is 28.7. The van der Waals surface area contributed by atoms with E-state index in [9.17, 15) is 9.59 Å². The number of aromatic nitrogens is 2. The minimum atomic E-state index is -0.195. The van der Waals surface area contributed by atoms with Crippen LogP contribution in [0.5, 0.6) is 0 Å². The molecule has 8 heteroatoms. The van der Waals surface area contributed by atoms with E-state index < -0.39 is 0 Å². The minimum absolute atomic E-state index is 0.000972. The number of carbonyl (C=O) groups excluding carboxylic acids is 2. The zero-order chi connectivity index (χ0) is 33.6. The van der Waals surface area contributed by atoms with Gasteiger partial charge in [-0.3, -0.25) is 14.5 Å². The van der Waals surface area contributed by atoms with Gasteiger partial charge in [-0.2, -0.15) is 0 Å². The Morgan fingerprint density at radius 3 is 2.38 bits per heavy atom. The molecule has 252 valence electrons. The Kier molecular flexibility index (Phi) is 9.12. The van der Waals surface area contributed by atoms with Gasteiger partial charge in [0.2, 0.25) is 0 Å². The number of likely N-dealkylation sites (tertiary alicyclic amines) is 1. The first kappa shape index (κ1) is 32.8. The van der Waals surface area contributed by atoms with E-state index in [0.29, 0.717) is 47.4 Å². The lowest BCUT2D eigenvalue weighted by atomic mass is 9.70. The monoisotopic (exact) mass is 665 g/mol. The maximum Gasteiger partial charge on any atom is 0.255 e. The molecule has 3 saturated heterocycles. The summed E-state index contributed by atoms with van der Waals surface area (Å²) < 4.78 is 2.51. The number of nitrogens with one attached hydrogen (secondary N) is 1. The number of amides is 2. The van der Waals surface area contributed by atoms with Gasteiger partial charge in [-0.05, 0) is 120 Å². The van der Waals surface area contributed by atoms with Crippen molar-refractivity contribution < 1.29 is 9.59 Å². The molecule has 2 amide bonds. The van der Waals surface area contributed by atoms with Gasteiger partial charge in [0, 0.05) is 42.8 Å². The molecule has 3 aliphatic rings. The van der Waals surface area contributed by atoms with Crippen LogP contribution in [-0.2, 0) is 5.41 Å². The summed E-state index contributed by atoms with van der Waals surface area (Å²) in [7, 11) is 0. The second-order valence-corrected chi connectivity index (χ2v) is 15.2. The average Bonchev–Trinajstić information content (AvgIpc) is 3.53. The Hall–Kier alpha value is -3.68. The number of benzene rings is 3. The predicted octanol–water partition coefficient (Wildman–Crippen LogP) is 7.88. The third kappa shape index (κ3) is 6.27. The Balaban J connectivity index is 1.07. The van der Waals surface area contributed by atoms with Gasteiger partial charge >= 0.3 is 0 Å². The first-order valence-electron chi connectivity index (χ1n) is 17.8. The summed E-state index contributed by atoms with van der Waals surface area (Å²) in [5.41, 5.74) is 5.88. The van der Waals surface area contributed by atoms with Gasteiger partial charge in [-0.25, -0.2) is 4.98 Å². The highest BCUT2D eigenvalue weighted by Crippen LogP contribution is 2.45. The lowest BCUT2D eigenvalue weighted by Gasteiger charge is -2.46. The van der Waals surface area contributed by atoms with E-state index in [1.807, 2.05) is 18.7 Å². The number of hydrogen-bond acceptors (Lipinski definition) is 4. The lowest BCUT2D eigenvalue weighted by Crippen LogP contribution is -2.49. The van der Waals surface area contributed by atoms with Crippen molar-refractivity contribution >= 4 is 34.4 Å². The van der Waals surface area contributed by atoms with E-state index in [-0.39, 0.29) is 23.3 Å². The number of para-hydroxylation sites is 2. The number of hydrogen-bond donors (Lipinski definition) is 1. The normalized spacial score (nSPS) is 22.4. The first-order valence-corrected chi connectivity index (χ1v) is 18.2. The van der Waals surface area contributed by atoms with Crippen LogP contribution in [0.3, 0.4) is 0 Å². The molecule has 1 N–H and O–H groups in total. The van der Waals surface area contributed by atoms with Crippen LogP contribution in [0.4, 0.5) is 0 Å². The molecule has 4 aromatic rings. The summed E-state index contributed by atoms with van der Waals surface area (Å²) in [6.07, 6.45) is 7.76. The van der Waals surface area contributed by atoms with Gasteiger partial charge in [0.25, 0.3) is 11.8 Å². The van der Waals surface area contributed by atoms with Gasteiger partial charge in [0.1, 0.15) is 5.82 Å². The molecule has 0 radical (unpaired) electrons. The van der Waals surface area contributed by atoms with E-state index in [1.165, 1.54) is 42.3 Å². The number of carbonyl (C=O) groups is 2. The number of imidazole rings is 1. The summed E-state index contributed by atoms with van der Waals surface area (Å²) in [6, 6.07) is 24.3. The van der Waals surface area contributed by atoms with Gasteiger partial charge in [-0.1, -0.05) is 53.6 Å². The summed E-state index contributed by atoms with van der Waals surface area (Å²) in [5.74, 6) is 0.833. The van der Waals surface area contributed by atoms with Crippen molar-refractivity contribution in [3.63, 3.8) is 0 Å². The van der Waals surface area contributed by atoms with Gasteiger partial charge in [-0.15, -0.1) is 0 Å². The maximum atomic E-state index is 13.8. The van der Waals surface area contributed by atoms with Crippen LogP contribution in [0.25, 0.3) is 11.0 Å². The smallest absolute Gasteiger partial charge is 0.255 e. The van der Waals surface area contributed by atoms with E-state index in [2.05, 4.69) is 77.2 Å². The summed E-state index contributed by atoms with van der Waals surface area (Å²) >= 11 is 6.55. The van der Waals surface area contributed by atoms with Crippen molar-refractivity contribution in [3.05, 3.63) is 99.8 Å². The topological polar surface area (TPSA) is 70.5 Å². The fraction of sp³-hybridized carbons (Fsp3) is 0.475. The Bertz CT molecular complexity index is 1810. The minimum Gasteiger partial charge on any atom is -0.350 e. The second-order valence-electron chi connectivity index (χ2n) is 14.8. The number of rotatable bonds is 8. The molecular formula is C40H48ClN5O2. The average molecular weight is 666 g/mol. The van der Waals surface area contributed by atoms with Crippen LogP contribution in [0.15, 0.2) is 66.7 Å². The molecule has 0 spiro atoms. The second kappa shape index (κ2) is 13.3. The number of fused-ring (bicyclic) bond motifs is 3. The van der Waals surface area contributed by atoms with Crippen LogP contribution in [0.1, 0.15) is 103 Å². The molecule has 7 rings (SSSR count). The molecular weight excluding hydrogens is 618 g/mol. The van der Waals surface area contributed by atoms with Crippen LogP contribution in [-0.4, -0.2) is 68.9 Å². The van der Waals surface area contributed by atoms with Crippen LogP contribution >= 0.6 is 11.6 Å². The zero-order valence-corrected chi connectivity index (χ0v) is 29.5. The van der Waals surface area contributed by atoms with Gasteiger partial charge in [0.15, 0.2) is 0 Å². The van der Waals surface area contributed by atoms with Crippen molar-refractivity contribution in [3.8, 4) is 0 Å². The molecule has 3 fully saturated rings. The van der Waals surface area contributed by atoms with E-state index in [0.717, 1.165) is 37.1 Å². The fourth-order valence-electron chi connectivity index (χ4n) is 8.93. The molecule has 3 atom stereocenters. The molecule has 4 heterocycles. The first-order chi connectivity index (χ1) is 23.1. The molecule has 1 unspecified atom stereocenters. The molecule has 3 aliphatic heterocycles. The number of nitrogens with zero attached hydrogens (tertiary/aromatic N) is 4. The number of aryl methyl sites for hydroxylation is 2. The molecule has 48 heavy (non-hydrogen) atoms. The highest BCUT2D eigenvalue weighted by atomic mass is 35.5. The van der Waals surface area contributed by atoms with E-state index in [4.69, 9.17) is 16.6 Å². The molecule has 3 aromatic carbocycles. The molecule has 1 aromatic heterocycles. The predicted molar refractivity (Wildman–Crippen MR) is 193 cm³/mol. The lowest BCUT2D eigenvalue weighted by molar-refractivity contribution is 0.0607. The van der Waals surface area contributed by atoms with Gasteiger partial charge < -0.3 is 14.8 Å². The summed E-state index contributed by atoms with van der Waals surface area (Å²) in [6.45, 7) is 10.6. The third-order valence-electron chi connectivity index (χ3n) is 11.4. The summed E-state index contributed by atoms with van der Waals surface area (Å²) in [4.78, 5) is 36.2. The Morgan fingerprint density at radius 1 is 0.938 bits per heavy atom. The van der Waals surface area contributed by atoms with Crippen LogP contribution < -0.4 is 5.32 Å². The van der Waals surface area contributed by atoms with Crippen molar-refractivity contribution in [1.82, 2.24) is 24.7 Å².